The van der Waals surface area contributed by atoms with Crippen LogP contribution >= 0.6 is 11.6 Å². The topological polar surface area (TPSA) is 98.0 Å². The molecule has 0 spiro atoms. The highest BCUT2D eigenvalue weighted by atomic mass is 35.5. The molecule has 1 unspecified atom stereocenters. The van der Waals surface area contributed by atoms with Crippen molar-refractivity contribution in [2.45, 2.75) is 46.6 Å². The summed E-state index contributed by atoms with van der Waals surface area (Å²) in [4.78, 5) is 23.2. The molecule has 1 aliphatic heterocycles. The second-order valence-corrected chi connectivity index (χ2v) is 8.78. The Balaban J connectivity index is 0.000000196. The van der Waals surface area contributed by atoms with Gasteiger partial charge in [0.1, 0.15) is 28.2 Å². The van der Waals surface area contributed by atoms with Crippen molar-refractivity contribution in [1.82, 2.24) is 0 Å². The summed E-state index contributed by atoms with van der Waals surface area (Å²) in [6.45, 7) is 8.02. The van der Waals surface area contributed by atoms with E-state index in [0.29, 0.717) is 52.3 Å². The van der Waals surface area contributed by atoms with E-state index < -0.39 is 6.09 Å². The molecular weight excluding hydrogens is 446 g/mol. The van der Waals surface area contributed by atoms with Gasteiger partial charge in [-0.1, -0.05) is 24.6 Å². The zero-order valence-corrected chi connectivity index (χ0v) is 19.9. The monoisotopic (exact) mass is 473 g/mol. The Kier molecular flexibility index (Phi) is 7.87. The van der Waals surface area contributed by atoms with Crippen molar-refractivity contribution in [3.8, 4) is 11.5 Å². The number of hydrogen-bond donors (Lipinski definition) is 2. The first kappa shape index (κ1) is 24.5. The number of phenolic OH excluding ortho intramolecular Hbond substituents is 1. The van der Waals surface area contributed by atoms with Crippen LogP contribution in [0.25, 0.3) is 11.0 Å². The van der Waals surface area contributed by atoms with Gasteiger partial charge in [-0.2, -0.15) is 0 Å². The number of carbonyl (C=O) groups excluding carboxylic acids is 1. The second-order valence-electron chi connectivity index (χ2n) is 8.34. The standard InChI is InChI=1S/C15H16O4.C10H12ClNO2/c1-8-3-4-10-12(18-7-8)6-13-14(15(10)17)11(16)5-9(2)19-13;1-7(2)14-10(13)12-9-5-3-4-8(11)6-9/h5-6,8,17H,3-4,7H2,1-2H3;3-7H,1-2H3,(H,12,13). The molecule has 2 N–H and O–H groups in total. The first-order chi connectivity index (χ1) is 15.6. The number of amides is 1. The zero-order valence-electron chi connectivity index (χ0n) is 19.1. The third kappa shape index (κ3) is 6.42. The molecule has 0 saturated carbocycles. The average molecular weight is 474 g/mol. The fourth-order valence-electron chi connectivity index (χ4n) is 3.45. The highest BCUT2D eigenvalue weighted by Crippen LogP contribution is 2.38. The smallest absolute Gasteiger partial charge is 0.411 e. The first-order valence-corrected chi connectivity index (χ1v) is 11.2. The number of hydrogen-bond acceptors (Lipinski definition) is 6. The Morgan fingerprint density at radius 3 is 2.73 bits per heavy atom. The maximum absolute atomic E-state index is 12.0. The number of fused-ring (bicyclic) bond motifs is 2. The van der Waals surface area contributed by atoms with Crippen LogP contribution in [-0.2, 0) is 11.2 Å². The number of benzene rings is 2. The zero-order chi connectivity index (χ0) is 24.1. The van der Waals surface area contributed by atoms with Gasteiger partial charge in [0, 0.05) is 28.4 Å². The van der Waals surface area contributed by atoms with E-state index in [1.165, 1.54) is 6.07 Å². The molecule has 7 nitrogen and oxygen atoms in total. The number of nitrogens with one attached hydrogen (secondary N) is 1. The van der Waals surface area contributed by atoms with Crippen LogP contribution in [0.5, 0.6) is 11.5 Å². The number of ether oxygens (including phenoxy) is 2. The first-order valence-electron chi connectivity index (χ1n) is 10.8. The molecule has 0 bridgehead atoms. The van der Waals surface area contributed by atoms with Crippen molar-refractivity contribution in [1.29, 1.82) is 0 Å². The number of phenols is 1. The molecule has 3 aromatic rings. The maximum Gasteiger partial charge on any atom is 0.411 e. The molecular formula is C25H28ClNO6. The van der Waals surface area contributed by atoms with Crippen LogP contribution in [0.2, 0.25) is 5.02 Å². The summed E-state index contributed by atoms with van der Waals surface area (Å²) >= 11 is 5.74. The molecule has 1 aromatic heterocycles. The minimum atomic E-state index is -0.470. The van der Waals surface area contributed by atoms with Crippen LogP contribution in [0.3, 0.4) is 0 Å². The molecule has 0 fully saturated rings. The molecule has 33 heavy (non-hydrogen) atoms. The predicted molar refractivity (Wildman–Crippen MR) is 129 cm³/mol. The minimum absolute atomic E-state index is 0.00958. The SMILES string of the molecule is CC(C)OC(=O)Nc1cccc(Cl)c1.Cc1cc(=O)c2c(O)c3c(cc2o1)OCC(C)CC3. The van der Waals surface area contributed by atoms with Gasteiger partial charge in [0.25, 0.3) is 0 Å². The summed E-state index contributed by atoms with van der Waals surface area (Å²) in [7, 11) is 0. The number of anilines is 1. The molecule has 1 aliphatic rings. The molecule has 2 heterocycles. The largest absolute Gasteiger partial charge is 0.507 e. The fraction of sp³-hybridized carbons (Fsp3) is 0.360. The summed E-state index contributed by atoms with van der Waals surface area (Å²) < 4.78 is 16.1. The van der Waals surface area contributed by atoms with Crippen LogP contribution in [0.15, 0.2) is 45.6 Å². The molecule has 0 aliphatic carbocycles. The van der Waals surface area contributed by atoms with Crippen molar-refractivity contribution in [3.63, 3.8) is 0 Å². The van der Waals surface area contributed by atoms with Crippen molar-refractivity contribution in [3.05, 3.63) is 63.0 Å². The molecule has 4 rings (SSSR count). The number of rotatable bonds is 2. The van der Waals surface area contributed by atoms with Gasteiger partial charge in [-0.25, -0.2) is 4.79 Å². The summed E-state index contributed by atoms with van der Waals surface area (Å²) in [6, 6.07) is 10.0. The van der Waals surface area contributed by atoms with Gasteiger partial charge in [0.15, 0.2) is 5.43 Å². The summed E-state index contributed by atoms with van der Waals surface area (Å²) in [6.07, 6.45) is 1.05. The van der Waals surface area contributed by atoms with Crippen molar-refractivity contribution >= 4 is 34.4 Å². The van der Waals surface area contributed by atoms with Crippen LogP contribution in [0.1, 0.15) is 38.5 Å². The Hall–Kier alpha value is -3.19. The molecule has 0 saturated heterocycles. The molecule has 1 amide bonds. The lowest BCUT2D eigenvalue weighted by atomic mass is 10.00. The molecule has 0 radical (unpaired) electrons. The molecule has 8 heteroatoms. The van der Waals surface area contributed by atoms with E-state index in [4.69, 9.17) is 25.5 Å². The Morgan fingerprint density at radius 2 is 2.03 bits per heavy atom. The van der Waals surface area contributed by atoms with Gasteiger partial charge >= 0.3 is 6.09 Å². The van der Waals surface area contributed by atoms with Crippen LogP contribution in [-0.4, -0.2) is 23.9 Å². The lowest BCUT2D eigenvalue weighted by Crippen LogP contribution is -2.17. The van der Waals surface area contributed by atoms with Gasteiger partial charge in [-0.15, -0.1) is 0 Å². The minimum Gasteiger partial charge on any atom is -0.507 e. The number of aryl methyl sites for hydroxylation is 1. The fourth-order valence-corrected chi connectivity index (χ4v) is 3.64. The summed E-state index contributed by atoms with van der Waals surface area (Å²) in [5.41, 5.74) is 1.52. The quantitative estimate of drug-likeness (QED) is 0.469. The van der Waals surface area contributed by atoms with Gasteiger partial charge in [-0.3, -0.25) is 10.1 Å². The lowest BCUT2D eigenvalue weighted by molar-refractivity contribution is 0.130. The molecule has 2 aromatic carbocycles. The van der Waals surface area contributed by atoms with Crippen LogP contribution < -0.4 is 15.5 Å². The van der Waals surface area contributed by atoms with Crippen molar-refractivity contribution in [2.24, 2.45) is 5.92 Å². The third-order valence-electron chi connectivity index (χ3n) is 5.00. The van der Waals surface area contributed by atoms with E-state index in [1.807, 2.05) is 0 Å². The summed E-state index contributed by atoms with van der Waals surface area (Å²) in [5.74, 6) is 1.59. The Labute approximate surface area is 197 Å². The summed E-state index contributed by atoms with van der Waals surface area (Å²) in [5, 5.41) is 13.7. The molecule has 1 atom stereocenters. The van der Waals surface area contributed by atoms with E-state index in [1.54, 1.807) is 51.1 Å². The lowest BCUT2D eigenvalue weighted by Gasteiger charge is -2.11. The second kappa shape index (κ2) is 10.6. The average Bonchev–Trinajstić information content (AvgIpc) is 2.89. The predicted octanol–water partition coefficient (Wildman–Crippen LogP) is 6.07. The molecule has 176 valence electrons. The van der Waals surface area contributed by atoms with Gasteiger partial charge < -0.3 is 19.0 Å². The normalized spacial score (nSPS) is 15.0. The van der Waals surface area contributed by atoms with E-state index in [9.17, 15) is 14.7 Å². The van der Waals surface area contributed by atoms with Gasteiger partial charge in [0.05, 0.1) is 12.7 Å². The van der Waals surface area contributed by atoms with E-state index in [-0.39, 0.29) is 22.7 Å². The Morgan fingerprint density at radius 1 is 1.27 bits per heavy atom. The number of aromatic hydroxyl groups is 1. The maximum atomic E-state index is 12.0. The van der Waals surface area contributed by atoms with Crippen LogP contribution in [0.4, 0.5) is 10.5 Å². The van der Waals surface area contributed by atoms with E-state index in [2.05, 4.69) is 12.2 Å². The Bertz CT molecular complexity index is 1200. The number of halogens is 1. The van der Waals surface area contributed by atoms with E-state index >= 15 is 0 Å². The third-order valence-corrected chi connectivity index (χ3v) is 5.24. The number of carbonyl (C=O) groups is 1. The van der Waals surface area contributed by atoms with Crippen molar-refractivity contribution in [2.75, 3.05) is 11.9 Å². The van der Waals surface area contributed by atoms with Crippen molar-refractivity contribution < 1.29 is 23.8 Å². The van der Waals surface area contributed by atoms with Crippen LogP contribution in [0, 0.1) is 12.8 Å². The van der Waals surface area contributed by atoms with E-state index in [0.717, 1.165) is 6.42 Å². The highest BCUT2D eigenvalue weighted by molar-refractivity contribution is 6.30. The van der Waals surface area contributed by atoms with Gasteiger partial charge in [-0.05, 0) is 57.7 Å². The highest BCUT2D eigenvalue weighted by Gasteiger charge is 2.21. The van der Waals surface area contributed by atoms with Gasteiger partial charge in [0.2, 0.25) is 0 Å².